The van der Waals surface area contributed by atoms with Gasteiger partial charge in [0.05, 0.1) is 7.11 Å². The highest BCUT2D eigenvalue weighted by Crippen LogP contribution is 2.43. The maximum absolute atomic E-state index is 12.1. The van der Waals surface area contributed by atoms with Crippen LogP contribution in [0.15, 0.2) is 48.5 Å². The predicted molar refractivity (Wildman–Crippen MR) is 167 cm³/mol. The van der Waals surface area contributed by atoms with Gasteiger partial charge < -0.3 is 9.47 Å². The number of ether oxygens (including phenoxy) is 2. The second kappa shape index (κ2) is 15.6. The Morgan fingerprint density at radius 1 is 0.700 bits per heavy atom. The molecular weight excluding hydrogens is 492 g/mol. The number of carbonyl (C=O) groups excluding carboxylic acids is 1. The van der Waals surface area contributed by atoms with Gasteiger partial charge in [0.2, 0.25) is 0 Å². The molecule has 0 N–H and O–H groups in total. The molecule has 0 unspecified atom stereocenters. The maximum atomic E-state index is 12.1. The standard InChI is InChI=1S/C37H54O3/c1-4-6-8-9-10-26-37(40-36(38)39-3)27-24-35(25-28-37)34-22-20-33(21-23-34)32-18-16-31(17-19-32)30-14-12-29(13-15-30)11-7-5-2/h16-23,29-30,35H,4-15,24-28H2,1-3H3. The number of methoxy groups -OCH3 is 1. The molecule has 0 amide bonds. The van der Waals surface area contributed by atoms with Gasteiger partial charge in [-0.25, -0.2) is 4.79 Å². The van der Waals surface area contributed by atoms with Crippen molar-refractivity contribution in [1.29, 1.82) is 0 Å². The normalized spacial score (nSPS) is 24.9. The fourth-order valence-corrected chi connectivity index (χ4v) is 7.32. The Bertz CT molecular complexity index is 993. The molecule has 0 aliphatic heterocycles. The third-order valence-electron chi connectivity index (χ3n) is 10.0. The number of rotatable bonds is 13. The molecule has 3 nitrogen and oxygen atoms in total. The van der Waals surface area contributed by atoms with Gasteiger partial charge in [-0.1, -0.05) is 107 Å². The van der Waals surface area contributed by atoms with Crippen molar-refractivity contribution in [3.8, 4) is 11.1 Å². The molecule has 2 aliphatic rings. The first-order chi connectivity index (χ1) is 19.6. The molecule has 2 saturated carbocycles. The Balaban J connectivity index is 1.30. The van der Waals surface area contributed by atoms with Gasteiger partial charge in [-0.2, -0.15) is 0 Å². The first-order valence-electron chi connectivity index (χ1n) is 16.5. The van der Waals surface area contributed by atoms with Gasteiger partial charge in [-0.05, 0) is 104 Å². The molecule has 0 aromatic heterocycles. The van der Waals surface area contributed by atoms with E-state index in [1.807, 2.05) is 0 Å². The zero-order valence-electron chi connectivity index (χ0n) is 25.6. The first kappa shape index (κ1) is 30.7. The van der Waals surface area contributed by atoms with Gasteiger partial charge in [0, 0.05) is 0 Å². The number of hydrogen-bond donors (Lipinski definition) is 0. The van der Waals surface area contributed by atoms with Crippen LogP contribution in [-0.2, 0) is 9.47 Å². The molecule has 0 heterocycles. The van der Waals surface area contributed by atoms with Gasteiger partial charge in [-0.3, -0.25) is 0 Å². The van der Waals surface area contributed by atoms with Crippen LogP contribution in [0.3, 0.4) is 0 Å². The van der Waals surface area contributed by atoms with Crippen LogP contribution < -0.4 is 0 Å². The average Bonchev–Trinajstić information content (AvgIpc) is 3.01. The highest BCUT2D eigenvalue weighted by molar-refractivity contribution is 5.64. The number of hydrogen-bond acceptors (Lipinski definition) is 3. The van der Waals surface area contributed by atoms with Crippen LogP contribution >= 0.6 is 0 Å². The van der Waals surface area contributed by atoms with Gasteiger partial charge in [-0.15, -0.1) is 0 Å². The predicted octanol–water partition coefficient (Wildman–Crippen LogP) is 11.4. The van der Waals surface area contributed by atoms with Gasteiger partial charge >= 0.3 is 6.16 Å². The Morgan fingerprint density at radius 3 is 1.75 bits per heavy atom. The Morgan fingerprint density at radius 2 is 1.23 bits per heavy atom. The highest BCUT2D eigenvalue weighted by atomic mass is 16.7. The van der Waals surface area contributed by atoms with E-state index >= 15 is 0 Å². The van der Waals surface area contributed by atoms with Crippen molar-refractivity contribution < 1.29 is 14.3 Å². The van der Waals surface area contributed by atoms with E-state index in [9.17, 15) is 4.79 Å². The third kappa shape index (κ3) is 8.60. The van der Waals surface area contributed by atoms with E-state index in [-0.39, 0.29) is 5.60 Å². The first-order valence-corrected chi connectivity index (χ1v) is 16.5. The lowest BCUT2D eigenvalue weighted by atomic mass is 9.74. The summed E-state index contributed by atoms with van der Waals surface area (Å²) in [7, 11) is 1.41. The molecule has 0 radical (unpaired) electrons. The van der Waals surface area contributed by atoms with Crippen molar-refractivity contribution in [3.63, 3.8) is 0 Å². The van der Waals surface area contributed by atoms with Crippen LogP contribution in [0.2, 0.25) is 0 Å². The van der Waals surface area contributed by atoms with Crippen molar-refractivity contribution >= 4 is 6.16 Å². The molecular formula is C37H54O3. The quantitative estimate of drug-likeness (QED) is 0.185. The lowest BCUT2D eigenvalue weighted by Gasteiger charge is -2.39. The van der Waals surface area contributed by atoms with E-state index in [2.05, 4.69) is 62.4 Å². The summed E-state index contributed by atoms with van der Waals surface area (Å²) < 4.78 is 10.8. The summed E-state index contributed by atoms with van der Waals surface area (Å²) in [4.78, 5) is 12.1. The van der Waals surface area contributed by atoms with Gasteiger partial charge in [0.15, 0.2) is 0 Å². The Labute approximate surface area is 244 Å². The molecule has 220 valence electrons. The molecule has 2 aliphatic carbocycles. The lowest BCUT2D eigenvalue weighted by Crippen LogP contribution is -2.39. The van der Waals surface area contributed by atoms with E-state index in [0.717, 1.165) is 50.4 Å². The average molecular weight is 547 g/mol. The fraction of sp³-hybridized carbons (Fsp3) is 0.649. The van der Waals surface area contributed by atoms with Crippen LogP contribution in [-0.4, -0.2) is 18.9 Å². The van der Waals surface area contributed by atoms with E-state index < -0.39 is 6.16 Å². The van der Waals surface area contributed by atoms with Crippen molar-refractivity contribution in [2.24, 2.45) is 5.92 Å². The molecule has 4 rings (SSSR count). The molecule has 3 heteroatoms. The minimum atomic E-state index is -0.526. The van der Waals surface area contributed by atoms with E-state index in [1.165, 1.54) is 100.0 Å². The summed E-state index contributed by atoms with van der Waals surface area (Å²) in [5, 5.41) is 0. The molecule has 0 spiro atoms. The summed E-state index contributed by atoms with van der Waals surface area (Å²) in [6.07, 6.45) is 20.2. The van der Waals surface area contributed by atoms with Gasteiger partial charge in [0.1, 0.15) is 5.60 Å². The molecule has 2 aromatic rings. The zero-order chi connectivity index (χ0) is 28.2. The second-order valence-corrected chi connectivity index (χ2v) is 12.8. The topological polar surface area (TPSA) is 35.5 Å². The number of benzene rings is 2. The lowest BCUT2D eigenvalue weighted by molar-refractivity contribution is -0.0574. The van der Waals surface area contributed by atoms with Crippen molar-refractivity contribution in [1.82, 2.24) is 0 Å². The minimum Gasteiger partial charge on any atom is -0.438 e. The summed E-state index contributed by atoms with van der Waals surface area (Å²) in [5.41, 5.74) is 5.19. The van der Waals surface area contributed by atoms with Crippen LogP contribution in [0.25, 0.3) is 11.1 Å². The fourth-order valence-electron chi connectivity index (χ4n) is 7.32. The SMILES string of the molecule is CCCCCCCC1(OC(=O)OC)CCC(c2ccc(-c3ccc(C4CCC(CCCC)CC4)cc3)cc2)CC1. The van der Waals surface area contributed by atoms with Crippen molar-refractivity contribution in [2.45, 2.75) is 140 Å². The van der Waals surface area contributed by atoms with E-state index in [1.54, 1.807) is 0 Å². The van der Waals surface area contributed by atoms with E-state index in [0.29, 0.717) is 5.92 Å². The van der Waals surface area contributed by atoms with Crippen LogP contribution in [0.4, 0.5) is 4.79 Å². The molecule has 0 saturated heterocycles. The summed E-state index contributed by atoms with van der Waals surface area (Å²) >= 11 is 0. The second-order valence-electron chi connectivity index (χ2n) is 12.8. The van der Waals surface area contributed by atoms with Crippen LogP contribution in [0.5, 0.6) is 0 Å². The Kier molecular flexibility index (Phi) is 12.0. The zero-order valence-corrected chi connectivity index (χ0v) is 25.6. The molecule has 40 heavy (non-hydrogen) atoms. The molecule has 2 fully saturated rings. The largest absolute Gasteiger partial charge is 0.508 e. The number of unbranched alkanes of at least 4 members (excludes halogenated alkanes) is 5. The Hall–Kier alpha value is -2.29. The molecule has 2 aromatic carbocycles. The van der Waals surface area contributed by atoms with Crippen molar-refractivity contribution in [3.05, 3.63) is 59.7 Å². The monoisotopic (exact) mass is 546 g/mol. The van der Waals surface area contributed by atoms with Crippen LogP contribution in [0.1, 0.15) is 146 Å². The van der Waals surface area contributed by atoms with E-state index in [4.69, 9.17) is 9.47 Å². The molecule has 0 atom stereocenters. The van der Waals surface area contributed by atoms with Gasteiger partial charge in [0.25, 0.3) is 0 Å². The molecule has 0 bridgehead atoms. The summed E-state index contributed by atoms with van der Waals surface area (Å²) in [5.74, 6) is 2.23. The maximum Gasteiger partial charge on any atom is 0.508 e. The van der Waals surface area contributed by atoms with Crippen LogP contribution in [0, 0.1) is 5.92 Å². The highest BCUT2D eigenvalue weighted by Gasteiger charge is 2.39. The third-order valence-corrected chi connectivity index (χ3v) is 10.0. The summed E-state index contributed by atoms with van der Waals surface area (Å²) in [6.45, 7) is 4.55. The van der Waals surface area contributed by atoms with Crippen molar-refractivity contribution in [2.75, 3.05) is 7.11 Å². The number of carbonyl (C=O) groups is 1. The smallest absolute Gasteiger partial charge is 0.438 e. The summed E-state index contributed by atoms with van der Waals surface area (Å²) in [6, 6.07) is 18.7. The minimum absolute atomic E-state index is 0.355.